The number of hydrogen-bond acceptors (Lipinski definition) is 5. The third kappa shape index (κ3) is 5.47. The van der Waals surface area contributed by atoms with Crippen molar-refractivity contribution in [2.45, 2.75) is 39.9 Å². The maximum absolute atomic E-state index is 12.3. The maximum atomic E-state index is 12.3. The molecule has 1 amide bonds. The normalized spacial score (nSPS) is 12.1. The van der Waals surface area contributed by atoms with Crippen molar-refractivity contribution in [3.05, 3.63) is 81.3 Å². The molecule has 1 heterocycles. The summed E-state index contributed by atoms with van der Waals surface area (Å²) in [6, 6.07) is 18.7. The van der Waals surface area contributed by atoms with Crippen molar-refractivity contribution in [2.75, 3.05) is 0 Å². The molecule has 0 spiro atoms. The van der Waals surface area contributed by atoms with Gasteiger partial charge in [-0.3, -0.25) is 4.79 Å². The molecule has 0 aliphatic rings. The Balaban J connectivity index is 1.55. The standard InChI is InChI=1S/C22H26N4OS/c1-15(2)20(18-7-5-4-6-8-18)23-14-19-25-26-22(28-19)21(27)24-13-17-11-9-16(3)10-12-17/h4-12,15,20,23H,13-14H2,1-3H3,(H,24,27). The smallest absolute Gasteiger partial charge is 0.282 e. The number of carbonyl (C=O) groups excluding carboxylic acids is 1. The van der Waals surface area contributed by atoms with E-state index in [1.165, 1.54) is 22.5 Å². The molecule has 0 bridgehead atoms. The molecule has 2 aromatic carbocycles. The fourth-order valence-electron chi connectivity index (χ4n) is 2.98. The summed E-state index contributed by atoms with van der Waals surface area (Å²) in [5.74, 6) is 0.250. The fraction of sp³-hybridized carbons (Fsp3) is 0.318. The van der Waals surface area contributed by atoms with Gasteiger partial charge in [0.2, 0.25) is 5.01 Å². The first-order valence-electron chi connectivity index (χ1n) is 9.47. The monoisotopic (exact) mass is 394 g/mol. The van der Waals surface area contributed by atoms with Crippen LogP contribution in [0.25, 0.3) is 0 Å². The second-order valence-corrected chi connectivity index (χ2v) is 8.24. The molecule has 1 atom stereocenters. The summed E-state index contributed by atoms with van der Waals surface area (Å²) < 4.78 is 0. The summed E-state index contributed by atoms with van der Waals surface area (Å²) in [5.41, 5.74) is 3.51. The molecule has 0 saturated carbocycles. The van der Waals surface area contributed by atoms with Crippen LogP contribution in [-0.2, 0) is 13.1 Å². The number of benzene rings is 2. The lowest BCUT2D eigenvalue weighted by Crippen LogP contribution is -2.25. The number of nitrogens with one attached hydrogen (secondary N) is 2. The van der Waals surface area contributed by atoms with E-state index in [1.54, 1.807) is 0 Å². The van der Waals surface area contributed by atoms with Gasteiger partial charge in [0.05, 0.1) is 6.54 Å². The van der Waals surface area contributed by atoms with Crippen LogP contribution in [0.1, 0.15) is 51.4 Å². The summed E-state index contributed by atoms with van der Waals surface area (Å²) >= 11 is 1.33. The molecule has 3 rings (SSSR count). The number of amides is 1. The summed E-state index contributed by atoms with van der Waals surface area (Å²) in [6.45, 7) is 7.49. The molecule has 0 fully saturated rings. The zero-order valence-corrected chi connectivity index (χ0v) is 17.3. The van der Waals surface area contributed by atoms with Crippen LogP contribution in [0.15, 0.2) is 54.6 Å². The third-order valence-electron chi connectivity index (χ3n) is 4.53. The van der Waals surface area contributed by atoms with E-state index < -0.39 is 0 Å². The maximum Gasteiger partial charge on any atom is 0.282 e. The molecular formula is C22H26N4OS. The molecule has 5 nitrogen and oxygen atoms in total. The van der Waals surface area contributed by atoms with Crippen LogP contribution in [0.3, 0.4) is 0 Å². The topological polar surface area (TPSA) is 66.9 Å². The van der Waals surface area contributed by atoms with Crippen LogP contribution in [0.2, 0.25) is 0 Å². The number of carbonyl (C=O) groups is 1. The van der Waals surface area contributed by atoms with Gasteiger partial charge in [-0.2, -0.15) is 0 Å². The molecule has 3 aromatic rings. The number of aromatic nitrogens is 2. The highest BCUT2D eigenvalue weighted by atomic mass is 32.1. The Morgan fingerprint density at radius 2 is 1.71 bits per heavy atom. The van der Waals surface area contributed by atoms with E-state index in [0.717, 1.165) is 10.6 Å². The second kappa shape index (κ2) is 9.57. The van der Waals surface area contributed by atoms with Crippen LogP contribution in [0.4, 0.5) is 0 Å². The van der Waals surface area contributed by atoms with Crippen molar-refractivity contribution in [2.24, 2.45) is 5.92 Å². The zero-order chi connectivity index (χ0) is 19.9. The van der Waals surface area contributed by atoms with E-state index in [0.29, 0.717) is 24.0 Å². The predicted octanol–water partition coefficient (Wildman–Crippen LogP) is 4.26. The number of hydrogen-bond donors (Lipinski definition) is 2. The van der Waals surface area contributed by atoms with Gasteiger partial charge in [-0.05, 0) is 24.0 Å². The van der Waals surface area contributed by atoms with Gasteiger partial charge in [0.25, 0.3) is 5.91 Å². The predicted molar refractivity (Wildman–Crippen MR) is 113 cm³/mol. The molecule has 6 heteroatoms. The van der Waals surface area contributed by atoms with Gasteiger partial charge in [-0.25, -0.2) is 0 Å². The lowest BCUT2D eigenvalue weighted by atomic mass is 9.96. The highest BCUT2D eigenvalue weighted by molar-refractivity contribution is 7.13. The molecule has 0 aliphatic carbocycles. The van der Waals surface area contributed by atoms with E-state index in [2.05, 4.69) is 46.8 Å². The average molecular weight is 395 g/mol. The largest absolute Gasteiger partial charge is 0.346 e. The van der Waals surface area contributed by atoms with E-state index in [-0.39, 0.29) is 11.9 Å². The van der Waals surface area contributed by atoms with Crippen LogP contribution in [-0.4, -0.2) is 16.1 Å². The highest BCUT2D eigenvalue weighted by Gasteiger charge is 2.17. The van der Waals surface area contributed by atoms with E-state index in [4.69, 9.17) is 0 Å². The van der Waals surface area contributed by atoms with Crippen LogP contribution < -0.4 is 10.6 Å². The summed E-state index contributed by atoms with van der Waals surface area (Å²) in [6.07, 6.45) is 0. The molecule has 0 saturated heterocycles. The lowest BCUT2D eigenvalue weighted by Gasteiger charge is -2.22. The minimum absolute atomic E-state index is 0.187. The van der Waals surface area contributed by atoms with Crippen LogP contribution in [0, 0.1) is 12.8 Å². The van der Waals surface area contributed by atoms with Crippen molar-refractivity contribution >= 4 is 17.2 Å². The second-order valence-electron chi connectivity index (χ2n) is 7.18. The molecule has 146 valence electrons. The number of nitrogens with zero attached hydrogens (tertiary/aromatic N) is 2. The van der Waals surface area contributed by atoms with Gasteiger partial charge in [-0.1, -0.05) is 85.3 Å². The molecule has 1 unspecified atom stereocenters. The lowest BCUT2D eigenvalue weighted by molar-refractivity contribution is 0.0950. The van der Waals surface area contributed by atoms with E-state index in [1.807, 2.05) is 49.4 Å². The first kappa shape index (κ1) is 20.2. The Morgan fingerprint density at radius 3 is 2.39 bits per heavy atom. The molecule has 0 radical (unpaired) electrons. The van der Waals surface area contributed by atoms with Crippen LogP contribution in [0.5, 0.6) is 0 Å². The Bertz CT molecular complexity index is 890. The molecule has 1 aromatic heterocycles. The first-order valence-corrected chi connectivity index (χ1v) is 10.3. The minimum atomic E-state index is -0.187. The van der Waals surface area contributed by atoms with Gasteiger partial charge >= 0.3 is 0 Å². The van der Waals surface area contributed by atoms with Gasteiger partial charge in [0.1, 0.15) is 5.01 Å². The molecular weight excluding hydrogens is 368 g/mol. The number of rotatable bonds is 8. The highest BCUT2D eigenvalue weighted by Crippen LogP contribution is 2.22. The van der Waals surface area contributed by atoms with Crippen molar-refractivity contribution in [1.82, 2.24) is 20.8 Å². The van der Waals surface area contributed by atoms with E-state index in [9.17, 15) is 4.79 Å². The zero-order valence-electron chi connectivity index (χ0n) is 16.5. The Hall–Kier alpha value is -2.57. The summed E-state index contributed by atoms with van der Waals surface area (Å²) in [7, 11) is 0. The Labute approximate surface area is 170 Å². The van der Waals surface area contributed by atoms with Gasteiger partial charge < -0.3 is 10.6 Å². The van der Waals surface area contributed by atoms with Crippen molar-refractivity contribution in [3.63, 3.8) is 0 Å². The van der Waals surface area contributed by atoms with Gasteiger partial charge in [-0.15, -0.1) is 10.2 Å². The molecule has 28 heavy (non-hydrogen) atoms. The first-order chi connectivity index (χ1) is 13.5. The average Bonchev–Trinajstić information content (AvgIpc) is 3.17. The Kier molecular flexibility index (Phi) is 6.90. The van der Waals surface area contributed by atoms with Crippen molar-refractivity contribution < 1.29 is 4.79 Å². The van der Waals surface area contributed by atoms with Gasteiger partial charge in [0, 0.05) is 12.6 Å². The molecule has 2 N–H and O–H groups in total. The van der Waals surface area contributed by atoms with E-state index >= 15 is 0 Å². The van der Waals surface area contributed by atoms with Crippen molar-refractivity contribution in [1.29, 1.82) is 0 Å². The quantitative estimate of drug-likeness (QED) is 0.599. The minimum Gasteiger partial charge on any atom is -0.346 e. The van der Waals surface area contributed by atoms with Gasteiger partial charge in [0.15, 0.2) is 0 Å². The summed E-state index contributed by atoms with van der Waals surface area (Å²) in [5, 5.41) is 15.9. The SMILES string of the molecule is Cc1ccc(CNC(=O)c2nnc(CNC(c3ccccc3)C(C)C)s2)cc1. The van der Waals surface area contributed by atoms with Crippen molar-refractivity contribution in [3.8, 4) is 0 Å². The third-order valence-corrected chi connectivity index (χ3v) is 5.46. The summed E-state index contributed by atoms with van der Waals surface area (Å²) in [4.78, 5) is 12.3. The number of aryl methyl sites for hydroxylation is 1. The van der Waals surface area contributed by atoms with Crippen LogP contribution >= 0.6 is 11.3 Å². The Morgan fingerprint density at radius 1 is 1.00 bits per heavy atom. The fourth-order valence-corrected chi connectivity index (χ4v) is 3.68. The molecule has 0 aliphatic heterocycles.